The summed E-state index contributed by atoms with van der Waals surface area (Å²) in [6, 6.07) is 62.8. The van der Waals surface area contributed by atoms with Crippen molar-refractivity contribution in [1.29, 1.82) is 0 Å². The second-order valence-electron chi connectivity index (χ2n) is 14.3. The molecule has 5 heteroatoms. The van der Waals surface area contributed by atoms with Gasteiger partial charge in [0, 0.05) is 43.9 Å². The van der Waals surface area contributed by atoms with Gasteiger partial charge < -0.3 is 13.6 Å². The van der Waals surface area contributed by atoms with E-state index in [0.29, 0.717) is 5.71 Å². The number of furan rings is 1. The van der Waals surface area contributed by atoms with Crippen molar-refractivity contribution in [1.82, 2.24) is 19.1 Å². The third kappa shape index (κ3) is 4.53. The zero-order valence-electron chi connectivity index (χ0n) is 29.5. The van der Waals surface area contributed by atoms with Crippen molar-refractivity contribution < 1.29 is 4.42 Å². The quantitative estimate of drug-likeness (QED) is 0.183. The molecular weight excluding hydrogens is 673 g/mol. The first-order chi connectivity index (χ1) is 27.2. The van der Waals surface area contributed by atoms with E-state index in [4.69, 9.17) is 14.4 Å². The van der Waals surface area contributed by atoms with Gasteiger partial charge in [-0.2, -0.15) is 0 Å². The van der Waals surface area contributed by atoms with E-state index in [1.165, 1.54) is 43.7 Å². The Bertz CT molecular complexity index is 3500. The molecule has 0 saturated carbocycles. The Hall–Kier alpha value is -7.50. The van der Waals surface area contributed by atoms with Gasteiger partial charge in [0.2, 0.25) is 5.71 Å². The highest BCUT2D eigenvalue weighted by atomic mass is 16.3. The van der Waals surface area contributed by atoms with Crippen LogP contribution in [0.5, 0.6) is 0 Å². The van der Waals surface area contributed by atoms with E-state index >= 15 is 0 Å². The average Bonchev–Trinajstić information content (AvgIpc) is 3.89. The maximum Gasteiger partial charge on any atom is 0.246 e. The minimum atomic E-state index is 0.540. The summed E-state index contributed by atoms with van der Waals surface area (Å²) >= 11 is 0. The SMILES string of the molecule is c1ccc(-n2c3ccccc3c3cc(-c4ccc5c6ccccc6n(-c6cccc(-c7cnc8c(n7)oc7cc9ccccc9cc78)c6)c5c4)ccc32)cc1. The summed E-state index contributed by atoms with van der Waals surface area (Å²) in [5.41, 5.74) is 13.1. The van der Waals surface area contributed by atoms with Gasteiger partial charge in [0.15, 0.2) is 0 Å². The molecule has 0 amide bonds. The standard InChI is InChI=1S/C50H30N4O/c1-2-14-36(15-3-1)53-45-20-9-7-18-39(45)41-26-33(22-24-46(41)53)34-21-23-40-38-17-6-8-19-44(38)54(47(40)28-34)37-16-10-13-35(25-37)43-30-51-49-42-27-31-11-4-5-12-32(31)29-48(42)55-50(49)52-43/h1-30H. The van der Waals surface area contributed by atoms with Crippen LogP contribution in [0.2, 0.25) is 0 Å². The highest BCUT2D eigenvalue weighted by Gasteiger charge is 2.18. The van der Waals surface area contributed by atoms with Gasteiger partial charge in [0.1, 0.15) is 11.1 Å². The van der Waals surface area contributed by atoms with Crippen LogP contribution in [0.3, 0.4) is 0 Å². The Balaban J connectivity index is 1.00. The molecule has 0 N–H and O–H groups in total. The lowest BCUT2D eigenvalue weighted by atomic mass is 10.0. The molecular formula is C50H30N4O. The maximum absolute atomic E-state index is 6.29. The molecule has 0 aliphatic rings. The van der Waals surface area contributed by atoms with Crippen molar-refractivity contribution in [3.63, 3.8) is 0 Å². The van der Waals surface area contributed by atoms with Gasteiger partial charge >= 0.3 is 0 Å². The summed E-state index contributed by atoms with van der Waals surface area (Å²) < 4.78 is 11.0. The Morgan fingerprint density at radius 2 is 1.04 bits per heavy atom. The molecule has 0 unspecified atom stereocenters. The molecule has 0 atom stereocenters. The monoisotopic (exact) mass is 702 g/mol. The zero-order valence-corrected chi connectivity index (χ0v) is 29.5. The van der Waals surface area contributed by atoms with E-state index in [-0.39, 0.29) is 0 Å². The predicted molar refractivity (Wildman–Crippen MR) is 226 cm³/mol. The van der Waals surface area contributed by atoms with Gasteiger partial charge in [-0.05, 0) is 88.6 Å². The molecule has 0 fully saturated rings. The van der Waals surface area contributed by atoms with Crippen LogP contribution in [-0.4, -0.2) is 19.1 Å². The third-order valence-corrected chi connectivity index (χ3v) is 11.1. The summed E-state index contributed by atoms with van der Waals surface area (Å²) in [5, 5.41) is 8.17. The zero-order chi connectivity index (χ0) is 36.0. The van der Waals surface area contributed by atoms with E-state index in [0.717, 1.165) is 60.9 Å². The lowest BCUT2D eigenvalue weighted by molar-refractivity contribution is 0.654. The van der Waals surface area contributed by atoms with Crippen molar-refractivity contribution >= 4 is 76.6 Å². The van der Waals surface area contributed by atoms with Crippen LogP contribution in [0.25, 0.3) is 110 Å². The normalized spacial score (nSPS) is 12.0. The first-order valence-corrected chi connectivity index (χ1v) is 18.6. The predicted octanol–water partition coefficient (Wildman–Crippen LogP) is 13.1. The summed E-state index contributed by atoms with van der Waals surface area (Å²) in [4.78, 5) is 9.89. The van der Waals surface area contributed by atoms with Crippen LogP contribution in [0, 0.1) is 0 Å². The van der Waals surface area contributed by atoms with E-state index < -0.39 is 0 Å². The highest BCUT2D eigenvalue weighted by molar-refractivity contribution is 6.13. The summed E-state index contributed by atoms with van der Waals surface area (Å²) in [5.74, 6) is 0. The number of rotatable bonds is 4. The van der Waals surface area contributed by atoms with Crippen molar-refractivity contribution in [2.75, 3.05) is 0 Å². The van der Waals surface area contributed by atoms with E-state index in [9.17, 15) is 0 Å². The number of fused-ring (bicyclic) bond motifs is 10. The van der Waals surface area contributed by atoms with Crippen molar-refractivity contribution in [3.8, 4) is 33.8 Å². The van der Waals surface area contributed by atoms with Crippen molar-refractivity contribution in [3.05, 3.63) is 182 Å². The van der Waals surface area contributed by atoms with Crippen LogP contribution in [-0.2, 0) is 0 Å². The number of hydrogen-bond acceptors (Lipinski definition) is 3. The number of para-hydroxylation sites is 3. The molecule has 0 bridgehead atoms. The fraction of sp³-hybridized carbons (Fsp3) is 0. The molecule has 8 aromatic carbocycles. The van der Waals surface area contributed by atoms with E-state index in [2.05, 4.69) is 179 Å². The van der Waals surface area contributed by atoms with Crippen LogP contribution < -0.4 is 0 Å². The van der Waals surface area contributed by atoms with Gasteiger partial charge in [0.05, 0.1) is 34.0 Å². The van der Waals surface area contributed by atoms with E-state index in [1.54, 1.807) is 0 Å². The molecule has 0 aliphatic heterocycles. The molecule has 4 heterocycles. The molecule has 0 saturated heterocycles. The number of benzene rings is 8. The Morgan fingerprint density at radius 3 is 1.87 bits per heavy atom. The first-order valence-electron chi connectivity index (χ1n) is 18.6. The summed E-state index contributed by atoms with van der Waals surface area (Å²) in [6.45, 7) is 0. The second-order valence-corrected chi connectivity index (χ2v) is 14.3. The second kappa shape index (κ2) is 11.5. The largest absolute Gasteiger partial charge is 0.436 e. The minimum absolute atomic E-state index is 0.540. The molecule has 12 rings (SSSR count). The fourth-order valence-corrected chi connectivity index (χ4v) is 8.60. The first kappa shape index (κ1) is 30.0. The van der Waals surface area contributed by atoms with Crippen LogP contribution in [0.4, 0.5) is 0 Å². The van der Waals surface area contributed by atoms with Crippen LogP contribution in [0.15, 0.2) is 187 Å². The lowest BCUT2D eigenvalue weighted by Crippen LogP contribution is -1.95. The molecule has 0 radical (unpaired) electrons. The Kier molecular flexibility index (Phi) is 6.27. The number of nitrogens with zero attached hydrogens (tertiary/aromatic N) is 4. The van der Waals surface area contributed by atoms with Crippen molar-refractivity contribution in [2.24, 2.45) is 0 Å². The van der Waals surface area contributed by atoms with Gasteiger partial charge in [-0.25, -0.2) is 9.97 Å². The minimum Gasteiger partial charge on any atom is -0.436 e. The van der Waals surface area contributed by atoms with Gasteiger partial charge in [0.25, 0.3) is 0 Å². The molecule has 55 heavy (non-hydrogen) atoms. The molecule has 256 valence electrons. The Morgan fingerprint density at radius 1 is 0.400 bits per heavy atom. The lowest BCUT2D eigenvalue weighted by Gasteiger charge is -2.11. The van der Waals surface area contributed by atoms with Gasteiger partial charge in [-0.15, -0.1) is 0 Å². The Labute approximate surface area is 315 Å². The molecule has 5 nitrogen and oxygen atoms in total. The van der Waals surface area contributed by atoms with Crippen LogP contribution in [0.1, 0.15) is 0 Å². The molecule has 4 aromatic heterocycles. The van der Waals surface area contributed by atoms with Crippen LogP contribution >= 0.6 is 0 Å². The third-order valence-electron chi connectivity index (χ3n) is 11.1. The number of hydrogen-bond donors (Lipinski definition) is 0. The van der Waals surface area contributed by atoms with Crippen molar-refractivity contribution in [2.45, 2.75) is 0 Å². The summed E-state index contributed by atoms with van der Waals surface area (Å²) in [6.07, 6.45) is 1.86. The smallest absolute Gasteiger partial charge is 0.246 e. The van der Waals surface area contributed by atoms with Gasteiger partial charge in [-0.3, -0.25) is 0 Å². The average molecular weight is 703 g/mol. The highest BCUT2D eigenvalue weighted by Crippen LogP contribution is 2.39. The number of aromatic nitrogens is 4. The van der Waals surface area contributed by atoms with Gasteiger partial charge in [-0.1, -0.05) is 109 Å². The molecule has 0 aliphatic carbocycles. The fourth-order valence-electron chi connectivity index (χ4n) is 8.60. The summed E-state index contributed by atoms with van der Waals surface area (Å²) in [7, 11) is 0. The topological polar surface area (TPSA) is 48.8 Å². The molecule has 0 spiro atoms. The van der Waals surface area contributed by atoms with E-state index in [1.807, 2.05) is 12.3 Å². The maximum atomic E-state index is 6.29. The molecule has 12 aromatic rings.